The van der Waals surface area contributed by atoms with Gasteiger partial charge in [-0.05, 0) is 61.6 Å². The Morgan fingerprint density at radius 3 is 2.79 bits per heavy atom. The molecule has 6 heteroatoms. The lowest BCUT2D eigenvalue weighted by molar-refractivity contribution is -0.130. The number of nitrogens with zero attached hydrogens (tertiary/aromatic N) is 2. The molecule has 0 spiro atoms. The van der Waals surface area contributed by atoms with Gasteiger partial charge in [0.2, 0.25) is 5.91 Å². The Kier molecular flexibility index (Phi) is 5.51. The van der Waals surface area contributed by atoms with Crippen LogP contribution < -0.4 is 20.1 Å². The van der Waals surface area contributed by atoms with E-state index >= 15 is 0 Å². The van der Waals surface area contributed by atoms with Gasteiger partial charge in [0.15, 0.2) is 0 Å². The molecule has 0 saturated carbocycles. The van der Waals surface area contributed by atoms with E-state index in [-0.39, 0.29) is 11.9 Å². The van der Waals surface area contributed by atoms with Crippen LogP contribution in [0, 0.1) is 0 Å². The number of methoxy groups -OCH3 is 2. The van der Waals surface area contributed by atoms with Crippen LogP contribution in [-0.4, -0.2) is 44.7 Å². The highest BCUT2D eigenvalue weighted by Gasteiger charge is 2.33. The highest BCUT2D eigenvalue weighted by atomic mass is 16.5. The Bertz CT molecular complexity index is 899. The molecule has 2 N–H and O–H groups in total. The lowest BCUT2D eigenvalue weighted by atomic mass is 9.99. The van der Waals surface area contributed by atoms with E-state index in [2.05, 4.69) is 11.0 Å². The minimum atomic E-state index is 0.0117. The third-order valence-electron chi connectivity index (χ3n) is 6.08. The third kappa shape index (κ3) is 3.71. The van der Waals surface area contributed by atoms with Gasteiger partial charge in [-0.2, -0.15) is 0 Å². The predicted octanol–water partition coefficient (Wildman–Crippen LogP) is 3.40. The molecule has 2 aromatic carbocycles. The Balaban J connectivity index is 1.56. The summed E-state index contributed by atoms with van der Waals surface area (Å²) in [7, 11) is 3.32. The van der Waals surface area contributed by atoms with E-state index < -0.39 is 0 Å². The second-order valence-corrected chi connectivity index (χ2v) is 7.72. The first-order valence-electron chi connectivity index (χ1n) is 10.3. The second-order valence-electron chi connectivity index (χ2n) is 7.72. The van der Waals surface area contributed by atoms with Crippen molar-refractivity contribution in [1.82, 2.24) is 4.90 Å². The van der Waals surface area contributed by atoms with Gasteiger partial charge in [-0.1, -0.05) is 6.07 Å². The number of nitrogen functional groups attached to an aromatic ring is 1. The molecule has 0 aliphatic carbocycles. The molecule has 154 valence electrons. The van der Waals surface area contributed by atoms with Crippen molar-refractivity contribution in [3.63, 3.8) is 0 Å². The molecule has 6 nitrogen and oxygen atoms in total. The van der Waals surface area contributed by atoms with Crippen molar-refractivity contribution >= 4 is 17.3 Å². The van der Waals surface area contributed by atoms with Gasteiger partial charge in [0, 0.05) is 30.0 Å². The third-order valence-corrected chi connectivity index (χ3v) is 6.08. The Labute approximate surface area is 172 Å². The summed E-state index contributed by atoms with van der Waals surface area (Å²) in [5, 5.41) is 0. The fraction of sp³-hybridized carbons (Fsp3) is 0.435. The summed E-state index contributed by atoms with van der Waals surface area (Å²) >= 11 is 0. The molecule has 1 saturated heterocycles. The number of hydrogen-bond acceptors (Lipinski definition) is 5. The molecule has 2 heterocycles. The summed E-state index contributed by atoms with van der Waals surface area (Å²) in [5.41, 5.74) is 10.3. The van der Waals surface area contributed by atoms with E-state index in [1.54, 1.807) is 14.2 Å². The van der Waals surface area contributed by atoms with Crippen LogP contribution in [0.1, 0.15) is 36.4 Å². The van der Waals surface area contributed by atoms with Crippen LogP contribution in [0.15, 0.2) is 36.4 Å². The molecule has 1 unspecified atom stereocenters. The molecule has 1 atom stereocenters. The molecule has 2 aliphatic heterocycles. The summed E-state index contributed by atoms with van der Waals surface area (Å²) in [6.45, 7) is 2.02. The summed E-state index contributed by atoms with van der Waals surface area (Å²) in [5.74, 6) is 1.72. The number of ether oxygens (including phenoxy) is 2. The van der Waals surface area contributed by atoms with Gasteiger partial charge < -0.3 is 25.0 Å². The number of amides is 1. The van der Waals surface area contributed by atoms with Crippen LogP contribution in [-0.2, 0) is 11.2 Å². The topological polar surface area (TPSA) is 68.0 Å². The summed E-state index contributed by atoms with van der Waals surface area (Å²) in [6, 6.07) is 11.8. The first kappa shape index (κ1) is 19.4. The number of anilines is 2. The van der Waals surface area contributed by atoms with Crippen molar-refractivity contribution in [3.05, 3.63) is 47.5 Å². The molecule has 4 rings (SSSR count). The fourth-order valence-corrected chi connectivity index (χ4v) is 4.63. The zero-order chi connectivity index (χ0) is 20.4. The van der Waals surface area contributed by atoms with Crippen molar-refractivity contribution in [2.75, 3.05) is 44.5 Å². The zero-order valence-electron chi connectivity index (χ0n) is 17.2. The van der Waals surface area contributed by atoms with Gasteiger partial charge >= 0.3 is 0 Å². The summed E-state index contributed by atoms with van der Waals surface area (Å²) < 4.78 is 11.0. The first-order valence-corrected chi connectivity index (χ1v) is 10.3. The number of hydrogen-bond donors (Lipinski definition) is 1. The number of benzene rings is 2. The molecule has 1 fully saturated rings. The molecule has 29 heavy (non-hydrogen) atoms. The Morgan fingerprint density at radius 1 is 1.14 bits per heavy atom. The highest BCUT2D eigenvalue weighted by Crippen LogP contribution is 2.39. The quantitative estimate of drug-likeness (QED) is 0.786. The lowest BCUT2D eigenvalue weighted by Crippen LogP contribution is -2.42. The SMILES string of the molecule is COc1ccc(OC)c(C2CCCN2C(=O)CN2CCCc3c(N)cccc32)c1. The Hall–Kier alpha value is -2.89. The van der Waals surface area contributed by atoms with Crippen molar-refractivity contribution in [3.8, 4) is 11.5 Å². The van der Waals surface area contributed by atoms with Crippen LogP contribution in [0.3, 0.4) is 0 Å². The maximum Gasteiger partial charge on any atom is 0.242 e. The van der Waals surface area contributed by atoms with Crippen LogP contribution >= 0.6 is 0 Å². The van der Waals surface area contributed by atoms with E-state index in [9.17, 15) is 4.79 Å². The van der Waals surface area contributed by atoms with Crippen LogP contribution in [0.25, 0.3) is 0 Å². The van der Waals surface area contributed by atoms with Crippen LogP contribution in [0.2, 0.25) is 0 Å². The highest BCUT2D eigenvalue weighted by molar-refractivity contribution is 5.83. The number of carbonyl (C=O) groups is 1. The number of likely N-dealkylation sites (tertiary alicyclic amines) is 1. The second kappa shape index (κ2) is 8.23. The summed E-state index contributed by atoms with van der Waals surface area (Å²) in [6.07, 6.45) is 3.90. The monoisotopic (exact) mass is 395 g/mol. The average Bonchev–Trinajstić information content (AvgIpc) is 3.24. The van der Waals surface area contributed by atoms with E-state index in [4.69, 9.17) is 15.2 Å². The van der Waals surface area contributed by atoms with Crippen LogP contribution in [0.5, 0.6) is 11.5 Å². The van der Waals surface area contributed by atoms with Gasteiger partial charge in [0.05, 0.1) is 26.8 Å². The Morgan fingerprint density at radius 2 is 2.00 bits per heavy atom. The number of fused-ring (bicyclic) bond motifs is 1. The average molecular weight is 396 g/mol. The van der Waals surface area contributed by atoms with Gasteiger partial charge in [-0.3, -0.25) is 4.79 Å². The predicted molar refractivity (Wildman–Crippen MR) is 115 cm³/mol. The zero-order valence-corrected chi connectivity index (χ0v) is 17.2. The molecule has 0 aromatic heterocycles. The number of nitrogens with two attached hydrogens (primary N) is 1. The maximum atomic E-state index is 13.3. The van der Waals surface area contributed by atoms with Crippen molar-refractivity contribution < 1.29 is 14.3 Å². The minimum Gasteiger partial charge on any atom is -0.497 e. The van der Waals surface area contributed by atoms with E-state index in [1.807, 2.05) is 35.2 Å². The molecule has 0 radical (unpaired) electrons. The van der Waals surface area contributed by atoms with Gasteiger partial charge in [-0.15, -0.1) is 0 Å². The molecular formula is C23H29N3O3. The van der Waals surface area contributed by atoms with E-state index in [0.717, 1.165) is 67.2 Å². The largest absolute Gasteiger partial charge is 0.497 e. The van der Waals surface area contributed by atoms with Crippen LogP contribution in [0.4, 0.5) is 11.4 Å². The molecule has 2 aromatic rings. The summed E-state index contributed by atoms with van der Waals surface area (Å²) in [4.78, 5) is 17.5. The van der Waals surface area contributed by atoms with Gasteiger partial charge in [0.1, 0.15) is 11.5 Å². The first-order chi connectivity index (χ1) is 14.1. The fourth-order valence-electron chi connectivity index (χ4n) is 4.63. The molecule has 2 aliphatic rings. The van der Waals surface area contributed by atoms with Gasteiger partial charge in [0.25, 0.3) is 0 Å². The molecule has 0 bridgehead atoms. The number of rotatable bonds is 5. The molecule has 1 amide bonds. The van der Waals surface area contributed by atoms with Gasteiger partial charge in [-0.25, -0.2) is 0 Å². The normalized spacial score (nSPS) is 18.5. The minimum absolute atomic E-state index is 0.0117. The van der Waals surface area contributed by atoms with E-state index in [0.29, 0.717) is 6.54 Å². The standard InChI is InChI=1S/C23H29N3O3/c1-28-16-10-11-22(29-2)18(14-16)21-9-5-13-26(21)23(27)15-25-12-4-6-17-19(24)7-3-8-20(17)25/h3,7-8,10-11,14,21H,4-6,9,12-13,15,24H2,1-2H3. The van der Waals surface area contributed by atoms with Crippen molar-refractivity contribution in [1.29, 1.82) is 0 Å². The van der Waals surface area contributed by atoms with E-state index in [1.165, 1.54) is 5.56 Å². The lowest BCUT2D eigenvalue weighted by Gasteiger charge is -2.34. The smallest absolute Gasteiger partial charge is 0.242 e. The van der Waals surface area contributed by atoms with Crippen molar-refractivity contribution in [2.24, 2.45) is 0 Å². The maximum absolute atomic E-state index is 13.3. The number of carbonyl (C=O) groups excluding carboxylic acids is 1. The molecular weight excluding hydrogens is 366 g/mol. The van der Waals surface area contributed by atoms with Crippen molar-refractivity contribution in [2.45, 2.75) is 31.7 Å².